The number of aromatic nitrogens is 4. The maximum Gasteiger partial charge on any atom is 0.227 e. The summed E-state index contributed by atoms with van der Waals surface area (Å²) in [7, 11) is 0. The van der Waals surface area contributed by atoms with E-state index >= 15 is 0 Å². The molecule has 9 nitrogen and oxygen atoms in total. The predicted molar refractivity (Wildman–Crippen MR) is 122 cm³/mol. The van der Waals surface area contributed by atoms with Gasteiger partial charge in [0.15, 0.2) is 5.82 Å². The molecule has 0 aliphatic rings. The number of thiophene rings is 1. The molecule has 1 amide bonds. The minimum atomic E-state index is -0.306. The second-order valence-corrected chi connectivity index (χ2v) is 8.10. The molecule has 0 aliphatic carbocycles. The van der Waals surface area contributed by atoms with Crippen molar-refractivity contribution >= 4 is 39.1 Å². The number of fused-ring (bicyclic) bond motifs is 1. The molecular formula is C22H18N8OS. The van der Waals surface area contributed by atoms with Gasteiger partial charge in [-0.1, -0.05) is 30.3 Å². The molecule has 3 aromatic heterocycles. The Balaban J connectivity index is 1.48. The Morgan fingerprint density at radius 2 is 2.00 bits per heavy atom. The second-order valence-electron chi connectivity index (χ2n) is 6.90. The van der Waals surface area contributed by atoms with Gasteiger partial charge in [0.05, 0.1) is 23.6 Å². The molecule has 1 aromatic carbocycles. The zero-order valence-electron chi connectivity index (χ0n) is 17.1. The summed E-state index contributed by atoms with van der Waals surface area (Å²) in [6.45, 7) is 2.39. The minimum absolute atomic E-state index is 0.0147. The molecule has 4 rings (SSSR count). The van der Waals surface area contributed by atoms with Crippen LogP contribution >= 0.6 is 11.3 Å². The van der Waals surface area contributed by atoms with Gasteiger partial charge >= 0.3 is 0 Å². The number of carbonyl (C=O) groups excluding carboxylic acids is 1. The van der Waals surface area contributed by atoms with Gasteiger partial charge in [-0.3, -0.25) is 9.89 Å². The normalized spacial score (nSPS) is 10.5. The van der Waals surface area contributed by atoms with Gasteiger partial charge in [-0.15, -0.1) is 11.3 Å². The maximum atomic E-state index is 12.4. The van der Waals surface area contributed by atoms with Crippen LogP contribution in [0, 0.1) is 29.6 Å². The van der Waals surface area contributed by atoms with Crippen LogP contribution in [0.4, 0.5) is 11.6 Å². The van der Waals surface area contributed by atoms with Crippen molar-refractivity contribution in [1.29, 1.82) is 10.5 Å². The lowest BCUT2D eigenvalue weighted by Crippen LogP contribution is -2.17. The van der Waals surface area contributed by atoms with Crippen LogP contribution in [0.1, 0.15) is 22.6 Å². The van der Waals surface area contributed by atoms with Crippen LogP contribution in [0.5, 0.6) is 0 Å². The number of carbonyl (C=O) groups is 1. The summed E-state index contributed by atoms with van der Waals surface area (Å²) in [6.07, 6.45) is 1.66. The fraction of sp³-hybridized carbons (Fsp3) is 0.182. The molecule has 0 spiro atoms. The third-order valence-electron chi connectivity index (χ3n) is 4.84. The Morgan fingerprint density at radius 1 is 1.19 bits per heavy atom. The number of anilines is 2. The summed E-state index contributed by atoms with van der Waals surface area (Å²) in [5.74, 6) is 0.492. The third kappa shape index (κ3) is 4.13. The number of nitrogens with one attached hydrogen (secondary N) is 3. The van der Waals surface area contributed by atoms with Crippen LogP contribution in [-0.4, -0.2) is 32.6 Å². The molecule has 3 N–H and O–H groups in total. The van der Waals surface area contributed by atoms with E-state index in [1.165, 1.54) is 6.33 Å². The number of amides is 1. The molecule has 158 valence electrons. The number of aromatic amines is 1. The summed E-state index contributed by atoms with van der Waals surface area (Å²) in [6, 6.07) is 14.0. The molecule has 0 radical (unpaired) electrons. The molecule has 4 aromatic rings. The Bertz CT molecular complexity index is 1360. The van der Waals surface area contributed by atoms with E-state index in [1.807, 2.05) is 30.3 Å². The van der Waals surface area contributed by atoms with Crippen LogP contribution < -0.4 is 10.6 Å². The van der Waals surface area contributed by atoms with E-state index in [0.717, 1.165) is 26.2 Å². The smallest absolute Gasteiger partial charge is 0.227 e. The Kier molecular flexibility index (Phi) is 6.06. The molecule has 3 heterocycles. The minimum Gasteiger partial charge on any atom is -0.369 e. The molecule has 0 atom stereocenters. The van der Waals surface area contributed by atoms with Gasteiger partial charge < -0.3 is 10.6 Å². The second kappa shape index (κ2) is 9.25. The van der Waals surface area contributed by atoms with E-state index in [-0.39, 0.29) is 30.1 Å². The molecular weight excluding hydrogens is 424 g/mol. The van der Waals surface area contributed by atoms with Gasteiger partial charge in [0, 0.05) is 23.4 Å². The zero-order valence-corrected chi connectivity index (χ0v) is 18.0. The van der Waals surface area contributed by atoms with Crippen molar-refractivity contribution < 1.29 is 4.79 Å². The van der Waals surface area contributed by atoms with Gasteiger partial charge in [-0.25, -0.2) is 9.97 Å². The molecule has 0 aliphatic heterocycles. The van der Waals surface area contributed by atoms with Crippen molar-refractivity contribution in [3.8, 4) is 23.3 Å². The molecule has 0 unspecified atom stereocenters. The highest BCUT2D eigenvalue weighted by molar-refractivity contribution is 7.19. The SMILES string of the molecule is Cc1sc2ncnc(NCCC(=O)Nc3n[nH]c(CC#N)c3C#N)c2c1-c1ccccc1. The lowest BCUT2D eigenvalue weighted by atomic mass is 10.0. The first-order valence-electron chi connectivity index (χ1n) is 9.80. The Morgan fingerprint density at radius 3 is 2.75 bits per heavy atom. The van der Waals surface area contributed by atoms with Gasteiger partial charge in [0.2, 0.25) is 5.91 Å². The summed E-state index contributed by atoms with van der Waals surface area (Å²) in [5, 5.41) is 31.4. The first kappa shape index (κ1) is 21.0. The topological polar surface area (TPSA) is 143 Å². The van der Waals surface area contributed by atoms with E-state index in [4.69, 9.17) is 5.26 Å². The van der Waals surface area contributed by atoms with Crippen molar-refractivity contribution in [3.05, 3.63) is 52.8 Å². The molecule has 0 fully saturated rings. The van der Waals surface area contributed by atoms with E-state index < -0.39 is 0 Å². The van der Waals surface area contributed by atoms with E-state index in [1.54, 1.807) is 11.3 Å². The Hall–Kier alpha value is -4.28. The van der Waals surface area contributed by atoms with Crippen LogP contribution in [-0.2, 0) is 11.2 Å². The van der Waals surface area contributed by atoms with E-state index in [0.29, 0.717) is 18.1 Å². The van der Waals surface area contributed by atoms with Crippen molar-refractivity contribution in [1.82, 2.24) is 20.2 Å². The number of hydrogen-bond acceptors (Lipinski definition) is 8. The molecule has 0 saturated carbocycles. The number of hydrogen-bond donors (Lipinski definition) is 3. The molecule has 32 heavy (non-hydrogen) atoms. The van der Waals surface area contributed by atoms with Crippen molar-refractivity contribution in [2.75, 3.05) is 17.2 Å². The average molecular weight is 443 g/mol. The van der Waals surface area contributed by atoms with Crippen molar-refractivity contribution in [2.24, 2.45) is 0 Å². The number of benzene rings is 1. The number of nitriles is 2. The fourth-order valence-electron chi connectivity index (χ4n) is 3.42. The summed E-state index contributed by atoms with van der Waals surface area (Å²) >= 11 is 1.60. The van der Waals surface area contributed by atoms with Crippen molar-refractivity contribution in [2.45, 2.75) is 19.8 Å². The summed E-state index contributed by atoms with van der Waals surface area (Å²) in [5.41, 5.74) is 2.72. The number of aryl methyl sites for hydroxylation is 1. The zero-order chi connectivity index (χ0) is 22.5. The number of H-pyrrole nitrogens is 1. The fourth-order valence-corrected chi connectivity index (χ4v) is 4.43. The van der Waals surface area contributed by atoms with E-state index in [9.17, 15) is 10.1 Å². The van der Waals surface area contributed by atoms with Gasteiger partial charge in [0.1, 0.15) is 28.6 Å². The largest absolute Gasteiger partial charge is 0.369 e. The maximum absolute atomic E-state index is 12.4. The quantitative estimate of drug-likeness (QED) is 0.395. The van der Waals surface area contributed by atoms with Crippen LogP contribution in [0.3, 0.4) is 0 Å². The van der Waals surface area contributed by atoms with Crippen LogP contribution in [0.25, 0.3) is 21.3 Å². The standard InChI is InChI=1S/C22H18N8OS/c1-13-18(14-5-3-2-4-6-14)19-21(26-12-27-22(19)32-13)25-10-8-17(31)28-20-15(11-24)16(7-9-23)29-30-20/h2-6,12H,7-8,10H2,1H3,(H,25,26,27)(H2,28,29,30,31). The van der Waals surface area contributed by atoms with Gasteiger partial charge in [-0.05, 0) is 12.5 Å². The van der Waals surface area contributed by atoms with Gasteiger partial charge in [-0.2, -0.15) is 15.6 Å². The summed E-state index contributed by atoms with van der Waals surface area (Å²) < 4.78 is 0. The average Bonchev–Trinajstić information content (AvgIpc) is 3.34. The number of rotatable bonds is 7. The third-order valence-corrected chi connectivity index (χ3v) is 5.85. The highest BCUT2D eigenvalue weighted by atomic mass is 32.1. The lowest BCUT2D eigenvalue weighted by Gasteiger charge is -2.09. The first-order valence-corrected chi connectivity index (χ1v) is 10.6. The Labute approximate surface area is 187 Å². The van der Waals surface area contributed by atoms with Crippen LogP contribution in [0.15, 0.2) is 36.7 Å². The number of nitrogens with zero attached hydrogens (tertiary/aromatic N) is 5. The monoisotopic (exact) mass is 442 g/mol. The van der Waals surface area contributed by atoms with Gasteiger partial charge in [0.25, 0.3) is 0 Å². The first-order chi connectivity index (χ1) is 15.6. The molecule has 10 heteroatoms. The van der Waals surface area contributed by atoms with E-state index in [2.05, 4.69) is 49.9 Å². The molecule has 0 bridgehead atoms. The van der Waals surface area contributed by atoms with Crippen molar-refractivity contribution in [3.63, 3.8) is 0 Å². The highest BCUT2D eigenvalue weighted by Crippen LogP contribution is 2.40. The summed E-state index contributed by atoms with van der Waals surface area (Å²) in [4.78, 5) is 23.2. The lowest BCUT2D eigenvalue weighted by molar-refractivity contribution is -0.116. The molecule has 0 saturated heterocycles. The van der Waals surface area contributed by atoms with Crippen LogP contribution in [0.2, 0.25) is 0 Å². The highest BCUT2D eigenvalue weighted by Gasteiger charge is 2.18. The predicted octanol–water partition coefficient (Wildman–Crippen LogP) is 3.77.